The molecule has 0 atom stereocenters. The number of amides is 1. The average molecular weight is 280 g/mol. The second-order valence-corrected chi connectivity index (χ2v) is 5.28. The molecule has 1 aromatic rings. The highest BCUT2D eigenvalue weighted by atomic mass is 16.6. The summed E-state index contributed by atoms with van der Waals surface area (Å²) in [6.07, 6.45) is 1.75. The number of hydrogen-bond donors (Lipinski definition) is 1. The zero-order valence-electron chi connectivity index (χ0n) is 12.6. The van der Waals surface area contributed by atoms with E-state index in [0.717, 1.165) is 44.0 Å². The highest BCUT2D eigenvalue weighted by Gasteiger charge is 2.23. The summed E-state index contributed by atoms with van der Waals surface area (Å²) in [5.41, 5.74) is 1.22. The monoisotopic (exact) mass is 280 g/mol. The minimum Gasteiger partial charge on any atom is -0.466 e. The summed E-state index contributed by atoms with van der Waals surface area (Å²) in [6.45, 7) is 8.59. The smallest absolute Gasteiger partial charge is 0.409 e. The summed E-state index contributed by atoms with van der Waals surface area (Å²) in [4.78, 5) is 13.4. The first kappa shape index (κ1) is 14.9. The normalized spacial score (nSPS) is 16.4. The molecule has 1 saturated heterocycles. The molecule has 1 amide bonds. The van der Waals surface area contributed by atoms with Crippen molar-refractivity contribution in [1.29, 1.82) is 0 Å². The summed E-state index contributed by atoms with van der Waals surface area (Å²) in [5.74, 6) is 1.94. The van der Waals surface area contributed by atoms with E-state index in [1.807, 2.05) is 20.8 Å². The predicted octanol–water partition coefficient (Wildman–Crippen LogP) is 2.61. The van der Waals surface area contributed by atoms with E-state index in [9.17, 15) is 4.79 Å². The molecule has 0 saturated carbocycles. The number of carbonyl (C=O) groups excluding carboxylic acids is 1. The van der Waals surface area contributed by atoms with E-state index in [2.05, 4.69) is 11.4 Å². The first-order valence-electron chi connectivity index (χ1n) is 7.31. The molecule has 0 bridgehead atoms. The molecule has 0 spiro atoms. The van der Waals surface area contributed by atoms with Crippen LogP contribution in [0.15, 0.2) is 10.5 Å². The van der Waals surface area contributed by atoms with Gasteiger partial charge < -0.3 is 19.4 Å². The summed E-state index contributed by atoms with van der Waals surface area (Å²) >= 11 is 0. The lowest BCUT2D eigenvalue weighted by atomic mass is 10.1. The van der Waals surface area contributed by atoms with Crippen molar-refractivity contribution in [2.45, 2.75) is 46.2 Å². The van der Waals surface area contributed by atoms with Crippen LogP contribution in [-0.4, -0.2) is 36.7 Å². The van der Waals surface area contributed by atoms with Crippen molar-refractivity contribution in [2.24, 2.45) is 0 Å². The van der Waals surface area contributed by atoms with Crippen LogP contribution in [0.1, 0.15) is 36.8 Å². The van der Waals surface area contributed by atoms with E-state index in [1.165, 1.54) is 5.56 Å². The van der Waals surface area contributed by atoms with Crippen LogP contribution in [-0.2, 0) is 11.3 Å². The molecule has 20 heavy (non-hydrogen) atoms. The van der Waals surface area contributed by atoms with Gasteiger partial charge in [0.2, 0.25) is 0 Å². The van der Waals surface area contributed by atoms with Crippen LogP contribution in [0.4, 0.5) is 4.79 Å². The van der Waals surface area contributed by atoms with Crippen LogP contribution in [0, 0.1) is 13.8 Å². The van der Waals surface area contributed by atoms with Gasteiger partial charge in [-0.2, -0.15) is 0 Å². The molecule has 2 rings (SSSR count). The van der Waals surface area contributed by atoms with Gasteiger partial charge in [-0.15, -0.1) is 0 Å². The number of piperidine rings is 1. The molecular formula is C15H24N2O3. The number of nitrogens with zero attached hydrogens (tertiary/aromatic N) is 1. The van der Waals surface area contributed by atoms with Gasteiger partial charge >= 0.3 is 6.09 Å². The van der Waals surface area contributed by atoms with Gasteiger partial charge in [-0.3, -0.25) is 0 Å². The van der Waals surface area contributed by atoms with E-state index in [0.29, 0.717) is 12.6 Å². The Kier molecular flexibility index (Phi) is 5.06. The fourth-order valence-electron chi connectivity index (χ4n) is 2.59. The van der Waals surface area contributed by atoms with Crippen molar-refractivity contribution in [3.05, 3.63) is 23.2 Å². The number of carbonyl (C=O) groups is 1. The molecule has 1 N–H and O–H groups in total. The zero-order chi connectivity index (χ0) is 14.5. The van der Waals surface area contributed by atoms with Gasteiger partial charge in [0, 0.05) is 31.2 Å². The van der Waals surface area contributed by atoms with Crippen molar-refractivity contribution in [2.75, 3.05) is 19.7 Å². The Balaban J connectivity index is 1.74. The number of rotatable bonds is 4. The molecule has 1 aliphatic rings. The predicted molar refractivity (Wildman–Crippen MR) is 76.6 cm³/mol. The molecule has 1 fully saturated rings. The Morgan fingerprint density at radius 2 is 2.15 bits per heavy atom. The topological polar surface area (TPSA) is 54.7 Å². The number of hydrogen-bond acceptors (Lipinski definition) is 4. The third-order valence-electron chi connectivity index (χ3n) is 3.75. The lowest BCUT2D eigenvalue weighted by Gasteiger charge is -2.31. The molecule has 5 heteroatoms. The number of ether oxygens (including phenoxy) is 1. The summed E-state index contributed by atoms with van der Waals surface area (Å²) in [6, 6.07) is 2.53. The number of furan rings is 1. The highest BCUT2D eigenvalue weighted by molar-refractivity contribution is 5.67. The maximum Gasteiger partial charge on any atom is 0.409 e. The molecular weight excluding hydrogens is 256 g/mol. The van der Waals surface area contributed by atoms with Gasteiger partial charge in [-0.1, -0.05) is 0 Å². The number of nitrogens with one attached hydrogen (secondary N) is 1. The van der Waals surface area contributed by atoms with Gasteiger partial charge in [0.05, 0.1) is 6.61 Å². The van der Waals surface area contributed by atoms with Crippen molar-refractivity contribution in [1.82, 2.24) is 10.2 Å². The molecule has 0 unspecified atom stereocenters. The Bertz CT molecular complexity index is 448. The lowest BCUT2D eigenvalue weighted by molar-refractivity contribution is 0.0950. The second kappa shape index (κ2) is 6.79. The van der Waals surface area contributed by atoms with Crippen molar-refractivity contribution in [3.63, 3.8) is 0 Å². The first-order valence-corrected chi connectivity index (χ1v) is 7.31. The molecule has 2 heterocycles. The van der Waals surface area contributed by atoms with Crippen molar-refractivity contribution < 1.29 is 13.9 Å². The summed E-state index contributed by atoms with van der Waals surface area (Å²) in [5, 5.41) is 3.54. The Labute approximate surface area is 120 Å². The van der Waals surface area contributed by atoms with Crippen molar-refractivity contribution >= 4 is 6.09 Å². The van der Waals surface area contributed by atoms with Gasteiger partial charge in [0.25, 0.3) is 0 Å². The Morgan fingerprint density at radius 3 is 2.70 bits per heavy atom. The zero-order valence-corrected chi connectivity index (χ0v) is 12.6. The molecule has 0 radical (unpaired) electrons. The van der Waals surface area contributed by atoms with E-state index >= 15 is 0 Å². The minimum atomic E-state index is -0.188. The summed E-state index contributed by atoms with van der Waals surface area (Å²) < 4.78 is 10.5. The largest absolute Gasteiger partial charge is 0.466 e. The SMILES string of the molecule is CCOC(=O)N1CCC(NCc2cc(C)oc2C)CC1. The molecule has 0 aliphatic carbocycles. The molecule has 112 valence electrons. The maximum absolute atomic E-state index is 11.6. The van der Waals surface area contributed by atoms with Crippen molar-refractivity contribution in [3.8, 4) is 0 Å². The number of likely N-dealkylation sites (tertiary alicyclic amines) is 1. The maximum atomic E-state index is 11.6. The highest BCUT2D eigenvalue weighted by Crippen LogP contribution is 2.16. The van der Waals surface area contributed by atoms with Gasteiger partial charge in [-0.25, -0.2) is 4.79 Å². The van der Waals surface area contributed by atoms with E-state index in [4.69, 9.17) is 9.15 Å². The minimum absolute atomic E-state index is 0.188. The molecule has 5 nitrogen and oxygen atoms in total. The van der Waals surface area contributed by atoms with Gasteiger partial charge in [0.15, 0.2) is 0 Å². The standard InChI is InChI=1S/C15H24N2O3/c1-4-19-15(18)17-7-5-14(6-8-17)16-10-13-9-11(2)20-12(13)3/h9,14,16H,4-8,10H2,1-3H3. The molecule has 0 aromatic carbocycles. The Hall–Kier alpha value is -1.49. The third-order valence-corrected chi connectivity index (χ3v) is 3.75. The van der Waals surface area contributed by atoms with Gasteiger partial charge in [-0.05, 0) is 39.7 Å². The fraction of sp³-hybridized carbons (Fsp3) is 0.667. The molecule has 1 aliphatic heterocycles. The first-order chi connectivity index (χ1) is 9.60. The van der Waals surface area contributed by atoms with Gasteiger partial charge in [0.1, 0.15) is 11.5 Å². The fourth-order valence-corrected chi connectivity index (χ4v) is 2.59. The van der Waals surface area contributed by atoms with E-state index in [1.54, 1.807) is 4.90 Å². The number of aryl methyl sites for hydroxylation is 2. The van der Waals surface area contributed by atoms with Crippen LogP contribution in [0.3, 0.4) is 0 Å². The second-order valence-electron chi connectivity index (χ2n) is 5.28. The van der Waals surface area contributed by atoms with Crippen LogP contribution >= 0.6 is 0 Å². The van der Waals surface area contributed by atoms with E-state index < -0.39 is 0 Å². The van der Waals surface area contributed by atoms with Crippen LogP contribution in [0.25, 0.3) is 0 Å². The van der Waals surface area contributed by atoms with Crippen LogP contribution in [0.2, 0.25) is 0 Å². The Morgan fingerprint density at radius 1 is 1.45 bits per heavy atom. The lowest BCUT2D eigenvalue weighted by Crippen LogP contribution is -2.44. The third kappa shape index (κ3) is 3.76. The van der Waals surface area contributed by atoms with E-state index in [-0.39, 0.29) is 6.09 Å². The van der Waals surface area contributed by atoms with Crippen LogP contribution in [0.5, 0.6) is 0 Å². The average Bonchev–Trinajstić information content (AvgIpc) is 2.75. The quantitative estimate of drug-likeness (QED) is 0.921. The summed E-state index contributed by atoms with van der Waals surface area (Å²) in [7, 11) is 0. The van der Waals surface area contributed by atoms with Crippen LogP contribution < -0.4 is 5.32 Å². The molecule has 1 aromatic heterocycles.